The zero-order valence-electron chi connectivity index (χ0n) is 11.4. The zero-order chi connectivity index (χ0) is 15.2. The Hall–Kier alpha value is -2.60. The molecule has 0 fully saturated rings. The predicted octanol–water partition coefficient (Wildman–Crippen LogP) is 2.97. The van der Waals surface area contributed by atoms with Gasteiger partial charge in [-0.3, -0.25) is 0 Å². The van der Waals surface area contributed by atoms with Gasteiger partial charge in [0.1, 0.15) is 11.6 Å². The molecule has 0 aliphatic rings. The molecule has 0 bridgehead atoms. The van der Waals surface area contributed by atoms with Crippen LogP contribution in [0, 0.1) is 5.82 Å². The van der Waals surface area contributed by atoms with Gasteiger partial charge in [0.2, 0.25) is 0 Å². The van der Waals surface area contributed by atoms with E-state index in [1.807, 2.05) is 0 Å². The molecule has 0 saturated heterocycles. The van der Waals surface area contributed by atoms with Gasteiger partial charge >= 0.3 is 6.03 Å². The number of methoxy groups -OCH3 is 1. The third-order valence-electron chi connectivity index (χ3n) is 2.85. The minimum Gasteiger partial charge on any atom is -0.497 e. The molecule has 0 saturated carbocycles. The number of hydrogen-bond donors (Lipinski definition) is 3. The number of amides is 2. The Labute approximate surface area is 121 Å². The van der Waals surface area contributed by atoms with E-state index in [0.717, 1.165) is 0 Å². The van der Waals surface area contributed by atoms with E-state index < -0.39 is 18.5 Å². The van der Waals surface area contributed by atoms with Gasteiger partial charge in [-0.25, -0.2) is 9.18 Å². The van der Waals surface area contributed by atoms with E-state index in [1.54, 1.807) is 24.3 Å². The summed E-state index contributed by atoms with van der Waals surface area (Å²) in [5.41, 5.74) is 0.796. The molecule has 2 aromatic rings. The van der Waals surface area contributed by atoms with Gasteiger partial charge in [0.25, 0.3) is 0 Å². The number of carbonyl (C=O) groups excluding carboxylic acids is 1. The minimum atomic E-state index is -0.573. The van der Waals surface area contributed by atoms with Crippen LogP contribution in [0.2, 0.25) is 0 Å². The fourth-order valence-corrected chi connectivity index (χ4v) is 1.82. The van der Waals surface area contributed by atoms with Crippen LogP contribution in [-0.2, 0) is 6.61 Å². The van der Waals surface area contributed by atoms with Gasteiger partial charge in [-0.05, 0) is 24.3 Å². The van der Waals surface area contributed by atoms with Crippen LogP contribution in [0.4, 0.5) is 20.6 Å². The summed E-state index contributed by atoms with van der Waals surface area (Å²) in [6.07, 6.45) is 0. The van der Waals surface area contributed by atoms with Gasteiger partial charge in [0, 0.05) is 17.3 Å². The Balaban J connectivity index is 2.10. The first-order valence-corrected chi connectivity index (χ1v) is 6.24. The quantitative estimate of drug-likeness (QED) is 0.810. The van der Waals surface area contributed by atoms with E-state index in [2.05, 4.69) is 10.6 Å². The summed E-state index contributed by atoms with van der Waals surface area (Å²) in [6, 6.07) is 10.5. The highest BCUT2D eigenvalue weighted by molar-refractivity contribution is 6.00. The van der Waals surface area contributed by atoms with E-state index in [1.165, 1.54) is 25.3 Å². The van der Waals surface area contributed by atoms with E-state index in [-0.39, 0.29) is 11.3 Å². The second-order valence-corrected chi connectivity index (χ2v) is 4.24. The Kier molecular flexibility index (Phi) is 4.73. The number of urea groups is 1. The Bertz CT molecular complexity index is 647. The van der Waals surface area contributed by atoms with Crippen LogP contribution in [0.3, 0.4) is 0 Å². The highest BCUT2D eigenvalue weighted by Crippen LogP contribution is 2.20. The van der Waals surface area contributed by atoms with Gasteiger partial charge < -0.3 is 20.5 Å². The normalized spacial score (nSPS) is 10.0. The highest BCUT2D eigenvalue weighted by Gasteiger charge is 2.10. The van der Waals surface area contributed by atoms with Crippen molar-refractivity contribution in [1.82, 2.24) is 0 Å². The van der Waals surface area contributed by atoms with E-state index in [4.69, 9.17) is 9.84 Å². The fraction of sp³-hybridized carbons (Fsp3) is 0.133. The van der Waals surface area contributed by atoms with Crippen molar-refractivity contribution in [2.45, 2.75) is 6.61 Å². The van der Waals surface area contributed by atoms with Crippen LogP contribution in [0.25, 0.3) is 0 Å². The van der Waals surface area contributed by atoms with Crippen molar-refractivity contribution < 1.29 is 19.0 Å². The molecule has 110 valence electrons. The number of aliphatic hydroxyl groups excluding tert-OH is 1. The Morgan fingerprint density at radius 1 is 1.24 bits per heavy atom. The average molecular weight is 290 g/mol. The van der Waals surface area contributed by atoms with E-state index in [9.17, 15) is 9.18 Å². The lowest BCUT2D eigenvalue weighted by Crippen LogP contribution is -2.20. The lowest BCUT2D eigenvalue weighted by Gasteiger charge is -2.11. The number of hydrogen-bond acceptors (Lipinski definition) is 3. The van der Waals surface area contributed by atoms with E-state index in [0.29, 0.717) is 11.4 Å². The largest absolute Gasteiger partial charge is 0.497 e. The molecule has 2 aromatic carbocycles. The van der Waals surface area contributed by atoms with Crippen LogP contribution in [0.5, 0.6) is 5.75 Å². The van der Waals surface area contributed by atoms with Gasteiger partial charge in [-0.2, -0.15) is 0 Å². The maximum Gasteiger partial charge on any atom is 0.323 e. The standard InChI is InChI=1S/C15H15FN2O3/c1-21-11-5-2-4-10(8-11)17-15(20)18-14-7-3-6-13(16)12(14)9-19/h2-8,19H,9H2,1H3,(H2,17,18,20). The summed E-state index contributed by atoms with van der Waals surface area (Å²) in [4.78, 5) is 11.9. The monoisotopic (exact) mass is 290 g/mol. The summed E-state index contributed by atoms with van der Waals surface area (Å²) in [6.45, 7) is -0.499. The molecule has 0 spiro atoms. The third-order valence-corrected chi connectivity index (χ3v) is 2.85. The molecule has 0 aliphatic heterocycles. The fourth-order valence-electron chi connectivity index (χ4n) is 1.82. The summed E-state index contributed by atoms with van der Waals surface area (Å²) in [5.74, 6) is 0.0336. The third kappa shape index (κ3) is 3.70. The number of anilines is 2. The average Bonchev–Trinajstić information content (AvgIpc) is 2.47. The molecule has 0 heterocycles. The summed E-state index contributed by atoms with van der Waals surface area (Å²) < 4.78 is 18.5. The minimum absolute atomic E-state index is 0.0401. The molecule has 2 rings (SSSR count). The highest BCUT2D eigenvalue weighted by atomic mass is 19.1. The molecule has 0 aliphatic carbocycles. The van der Waals surface area contributed by atoms with Crippen molar-refractivity contribution in [3.63, 3.8) is 0 Å². The van der Waals surface area contributed by atoms with Gasteiger partial charge in [-0.1, -0.05) is 12.1 Å². The summed E-state index contributed by atoms with van der Waals surface area (Å²) in [5, 5.41) is 14.2. The first-order chi connectivity index (χ1) is 10.1. The van der Waals surface area contributed by atoms with Crippen molar-refractivity contribution in [1.29, 1.82) is 0 Å². The molecular weight excluding hydrogens is 275 g/mol. The second-order valence-electron chi connectivity index (χ2n) is 4.24. The van der Waals surface area contributed by atoms with Crippen molar-refractivity contribution in [3.05, 3.63) is 53.8 Å². The molecule has 0 unspecified atom stereocenters. The number of aliphatic hydroxyl groups is 1. The van der Waals surface area contributed by atoms with Crippen molar-refractivity contribution in [2.24, 2.45) is 0 Å². The van der Waals surface area contributed by atoms with Crippen LogP contribution >= 0.6 is 0 Å². The van der Waals surface area contributed by atoms with E-state index >= 15 is 0 Å². The lowest BCUT2D eigenvalue weighted by molar-refractivity contribution is 0.261. The Morgan fingerprint density at radius 3 is 2.71 bits per heavy atom. The van der Waals surface area contributed by atoms with Crippen LogP contribution in [-0.4, -0.2) is 18.2 Å². The number of carbonyl (C=O) groups is 1. The predicted molar refractivity (Wildman–Crippen MR) is 78.0 cm³/mol. The zero-order valence-corrected chi connectivity index (χ0v) is 11.4. The number of nitrogens with one attached hydrogen (secondary N) is 2. The van der Waals surface area contributed by atoms with Crippen LogP contribution < -0.4 is 15.4 Å². The topological polar surface area (TPSA) is 70.6 Å². The second kappa shape index (κ2) is 6.71. The van der Waals surface area contributed by atoms with Crippen molar-refractivity contribution in [3.8, 4) is 5.75 Å². The number of ether oxygens (including phenoxy) is 1. The Morgan fingerprint density at radius 2 is 2.00 bits per heavy atom. The summed E-state index contributed by atoms with van der Waals surface area (Å²) >= 11 is 0. The molecule has 0 aromatic heterocycles. The van der Waals surface area contributed by atoms with Crippen LogP contribution in [0.15, 0.2) is 42.5 Å². The maximum absolute atomic E-state index is 13.5. The number of halogens is 1. The molecule has 5 nitrogen and oxygen atoms in total. The molecule has 21 heavy (non-hydrogen) atoms. The van der Waals surface area contributed by atoms with Crippen LogP contribution in [0.1, 0.15) is 5.56 Å². The maximum atomic E-state index is 13.5. The SMILES string of the molecule is COc1cccc(NC(=O)Nc2cccc(F)c2CO)c1. The smallest absolute Gasteiger partial charge is 0.323 e. The molecule has 3 N–H and O–H groups in total. The molecular formula is C15H15FN2O3. The summed E-state index contributed by atoms with van der Waals surface area (Å²) in [7, 11) is 1.53. The molecule has 6 heteroatoms. The first-order valence-electron chi connectivity index (χ1n) is 6.24. The molecule has 0 radical (unpaired) electrons. The molecule has 2 amide bonds. The first kappa shape index (κ1) is 14.8. The molecule has 0 atom stereocenters. The number of rotatable bonds is 4. The number of benzene rings is 2. The van der Waals surface area contributed by atoms with Gasteiger partial charge in [0.05, 0.1) is 19.4 Å². The van der Waals surface area contributed by atoms with Crippen molar-refractivity contribution in [2.75, 3.05) is 17.7 Å². The van der Waals surface area contributed by atoms with Gasteiger partial charge in [-0.15, -0.1) is 0 Å². The van der Waals surface area contributed by atoms with Gasteiger partial charge in [0.15, 0.2) is 0 Å². The lowest BCUT2D eigenvalue weighted by atomic mass is 10.2. The van der Waals surface area contributed by atoms with Crippen molar-refractivity contribution >= 4 is 17.4 Å².